The summed E-state index contributed by atoms with van der Waals surface area (Å²) >= 11 is 0. The maximum Gasteiger partial charge on any atom is 0.290 e. The Morgan fingerprint density at radius 1 is 1.19 bits per heavy atom. The van der Waals surface area contributed by atoms with Crippen molar-refractivity contribution in [3.8, 4) is 0 Å². The zero-order valence-corrected chi connectivity index (χ0v) is 11.2. The monoisotopic (exact) mass is 310 g/mol. The molecule has 1 aromatic carbocycles. The number of hydrogen-bond donors (Lipinski definition) is 3. The quantitative estimate of drug-likeness (QED) is 0.409. The highest BCUT2D eigenvalue weighted by Gasteiger charge is 2.26. The second-order valence-corrected chi connectivity index (χ2v) is 5.47. The van der Waals surface area contributed by atoms with E-state index in [1.807, 2.05) is 0 Å². The van der Waals surface area contributed by atoms with Gasteiger partial charge < -0.3 is 5.43 Å². The fourth-order valence-electron chi connectivity index (χ4n) is 1.53. The highest BCUT2D eigenvalue weighted by molar-refractivity contribution is 7.92. The van der Waals surface area contributed by atoms with Crippen molar-refractivity contribution < 1.29 is 13.3 Å². The van der Waals surface area contributed by atoms with Crippen LogP contribution in [0.4, 0.5) is 17.1 Å². The molecule has 2 rings (SSSR count). The van der Waals surface area contributed by atoms with Gasteiger partial charge in [-0.25, -0.2) is 18.4 Å². The third kappa shape index (κ3) is 3.21. The predicted octanol–water partition coefficient (Wildman–Crippen LogP) is 0.471. The number of rotatable bonds is 5. The number of nitro groups is 1. The van der Waals surface area contributed by atoms with Crippen molar-refractivity contribution in [3.05, 3.63) is 47.0 Å². The lowest BCUT2D eigenvalue weighted by Gasteiger charge is -2.09. The second-order valence-electron chi connectivity index (χ2n) is 3.82. The summed E-state index contributed by atoms with van der Waals surface area (Å²) in [5.41, 5.74) is 1.95. The maximum atomic E-state index is 12.3. The molecule has 0 unspecified atom stereocenters. The summed E-state index contributed by atoms with van der Waals surface area (Å²) in [7, 11) is -4.19. The average molecular weight is 310 g/mol. The first-order valence-corrected chi connectivity index (χ1v) is 6.95. The van der Waals surface area contributed by atoms with Crippen LogP contribution in [-0.4, -0.2) is 23.3 Å². The van der Waals surface area contributed by atoms with Crippen LogP contribution < -0.4 is 16.0 Å². The molecule has 0 fully saturated rings. The van der Waals surface area contributed by atoms with Crippen molar-refractivity contribution in [2.45, 2.75) is 4.90 Å². The number of anilines is 2. The highest BCUT2D eigenvalue weighted by atomic mass is 32.2. The van der Waals surface area contributed by atoms with Crippen LogP contribution >= 0.6 is 0 Å². The van der Waals surface area contributed by atoms with E-state index in [4.69, 9.17) is 5.84 Å². The zero-order valence-electron chi connectivity index (χ0n) is 10.4. The van der Waals surface area contributed by atoms with Crippen LogP contribution in [0.25, 0.3) is 0 Å². The number of nitrogens with two attached hydrogens (primary N) is 1. The first-order valence-electron chi connectivity index (χ1n) is 5.47. The van der Waals surface area contributed by atoms with Crippen LogP contribution in [0.3, 0.4) is 0 Å². The largest absolute Gasteiger partial charge is 0.324 e. The molecule has 1 heterocycles. The third-order valence-electron chi connectivity index (χ3n) is 2.43. The van der Waals surface area contributed by atoms with Gasteiger partial charge in [-0.05, 0) is 12.1 Å². The SMILES string of the molecule is NNc1ccc([N+](=O)[O-])c(S(=O)(=O)Nc2cncnc2)c1. The second kappa shape index (κ2) is 5.68. The summed E-state index contributed by atoms with van der Waals surface area (Å²) in [5, 5.41) is 11.0. The molecule has 110 valence electrons. The van der Waals surface area contributed by atoms with E-state index in [0.29, 0.717) is 0 Å². The lowest BCUT2D eigenvalue weighted by Crippen LogP contribution is -2.16. The first-order chi connectivity index (χ1) is 9.94. The van der Waals surface area contributed by atoms with E-state index in [1.54, 1.807) is 0 Å². The molecule has 0 saturated heterocycles. The van der Waals surface area contributed by atoms with Gasteiger partial charge >= 0.3 is 0 Å². The smallest absolute Gasteiger partial charge is 0.290 e. The van der Waals surface area contributed by atoms with E-state index in [9.17, 15) is 18.5 Å². The van der Waals surface area contributed by atoms with E-state index in [2.05, 4.69) is 20.1 Å². The number of nitro benzene ring substituents is 1. The molecule has 0 spiro atoms. The Hall–Kier alpha value is -2.79. The van der Waals surface area contributed by atoms with Gasteiger partial charge in [0.1, 0.15) is 6.33 Å². The molecular formula is C10H10N6O4S. The number of hydrogen-bond acceptors (Lipinski definition) is 8. The number of aromatic nitrogens is 2. The summed E-state index contributed by atoms with van der Waals surface area (Å²) in [6.45, 7) is 0. The molecule has 4 N–H and O–H groups in total. The minimum Gasteiger partial charge on any atom is -0.324 e. The molecule has 1 aromatic heterocycles. The van der Waals surface area contributed by atoms with Gasteiger partial charge in [-0.3, -0.25) is 20.7 Å². The van der Waals surface area contributed by atoms with Gasteiger partial charge in [-0.15, -0.1) is 0 Å². The van der Waals surface area contributed by atoms with E-state index in [0.717, 1.165) is 12.1 Å². The van der Waals surface area contributed by atoms with Crippen LogP contribution in [0.15, 0.2) is 41.8 Å². The van der Waals surface area contributed by atoms with Crippen LogP contribution in [0.1, 0.15) is 0 Å². The van der Waals surface area contributed by atoms with Crippen molar-refractivity contribution in [2.75, 3.05) is 10.1 Å². The standard InChI is InChI=1S/C10H10N6O4S/c11-14-7-1-2-9(16(17)18)10(3-7)21(19,20)15-8-4-12-6-13-5-8/h1-6,14-15H,11H2. The van der Waals surface area contributed by atoms with Crippen molar-refractivity contribution in [3.63, 3.8) is 0 Å². The Balaban J connectivity index is 2.50. The van der Waals surface area contributed by atoms with Gasteiger partial charge in [0.15, 0.2) is 4.90 Å². The van der Waals surface area contributed by atoms with Gasteiger partial charge in [0.05, 0.1) is 28.7 Å². The molecule has 0 saturated carbocycles. The normalized spacial score (nSPS) is 10.9. The number of benzene rings is 1. The Kier molecular flexibility index (Phi) is 3.95. The van der Waals surface area contributed by atoms with E-state index in [1.165, 1.54) is 24.8 Å². The van der Waals surface area contributed by atoms with Crippen molar-refractivity contribution in [1.82, 2.24) is 9.97 Å². The molecule has 0 amide bonds. The van der Waals surface area contributed by atoms with Crippen LogP contribution in [0.5, 0.6) is 0 Å². The molecule has 11 heteroatoms. The fourth-order valence-corrected chi connectivity index (χ4v) is 2.76. The topological polar surface area (TPSA) is 153 Å². The van der Waals surface area contributed by atoms with E-state index >= 15 is 0 Å². The highest BCUT2D eigenvalue weighted by Crippen LogP contribution is 2.28. The maximum absolute atomic E-state index is 12.3. The van der Waals surface area contributed by atoms with Gasteiger partial charge in [0.25, 0.3) is 15.7 Å². The lowest BCUT2D eigenvalue weighted by molar-refractivity contribution is -0.387. The molecule has 0 aliphatic heterocycles. The zero-order chi connectivity index (χ0) is 15.5. The number of nitrogens with one attached hydrogen (secondary N) is 2. The fraction of sp³-hybridized carbons (Fsp3) is 0. The van der Waals surface area contributed by atoms with Crippen molar-refractivity contribution >= 4 is 27.1 Å². The van der Waals surface area contributed by atoms with E-state index < -0.39 is 25.5 Å². The van der Waals surface area contributed by atoms with E-state index in [-0.39, 0.29) is 11.4 Å². The van der Waals surface area contributed by atoms with Crippen LogP contribution in [-0.2, 0) is 10.0 Å². The Morgan fingerprint density at radius 3 is 2.43 bits per heavy atom. The molecule has 0 aliphatic carbocycles. The minimum absolute atomic E-state index is 0.0814. The lowest BCUT2D eigenvalue weighted by atomic mass is 10.3. The molecule has 10 nitrogen and oxygen atoms in total. The van der Waals surface area contributed by atoms with Crippen molar-refractivity contribution in [2.24, 2.45) is 5.84 Å². The molecule has 0 radical (unpaired) electrons. The van der Waals surface area contributed by atoms with Crippen LogP contribution in [0, 0.1) is 10.1 Å². The average Bonchev–Trinajstić information content (AvgIpc) is 2.47. The summed E-state index contributed by atoms with van der Waals surface area (Å²) in [4.78, 5) is 16.9. The molecule has 2 aromatic rings. The van der Waals surface area contributed by atoms with Crippen molar-refractivity contribution in [1.29, 1.82) is 0 Å². The number of hydrazine groups is 1. The Morgan fingerprint density at radius 2 is 1.86 bits per heavy atom. The summed E-state index contributed by atoms with van der Waals surface area (Å²) in [6, 6.07) is 3.40. The molecule has 21 heavy (non-hydrogen) atoms. The molecular weight excluding hydrogens is 300 g/mol. The van der Waals surface area contributed by atoms with Gasteiger partial charge in [0, 0.05) is 6.07 Å². The molecule has 0 atom stereocenters. The van der Waals surface area contributed by atoms with Crippen LogP contribution in [0.2, 0.25) is 0 Å². The van der Waals surface area contributed by atoms with Gasteiger partial charge in [-0.2, -0.15) is 0 Å². The summed E-state index contributed by atoms with van der Waals surface area (Å²) in [6.07, 6.45) is 3.67. The molecule has 0 aliphatic rings. The third-order valence-corrected chi connectivity index (χ3v) is 3.84. The molecule has 0 bridgehead atoms. The summed E-state index contributed by atoms with van der Waals surface area (Å²) < 4.78 is 26.7. The summed E-state index contributed by atoms with van der Waals surface area (Å²) in [5.74, 6) is 5.19. The number of nitrogens with zero attached hydrogens (tertiary/aromatic N) is 3. The van der Waals surface area contributed by atoms with Gasteiger partial charge in [-0.1, -0.05) is 0 Å². The number of nitrogen functional groups attached to an aromatic ring is 1. The Labute approximate surface area is 119 Å². The minimum atomic E-state index is -4.19. The first kappa shape index (κ1) is 14.6. The Bertz CT molecular complexity index is 764. The predicted molar refractivity (Wildman–Crippen MR) is 73.7 cm³/mol. The number of sulfonamides is 1. The van der Waals surface area contributed by atoms with Gasteiger partial charge in [0.2, 0.25) is 0 Å².